The van der Waals surface area contributed by atoms with Gasteiger partial charge >= 0.3 is 0 Å². The second-order valence-electron chi connectivity index (χ2n) is 5.38. The smallest absolute Gasteiger partial charge is 0.0807 e. The summed E-state index contributed by atoms with van der Waals surface area (Å²) in [4.78, 5) is 4.35. The molecule has 2 aromatic heterocycles. The van der Waals surface area contributed by atoms with Crippen LogP contribution in [0.1, 0.15) is 30.2 Å². The molecule has 0 bridgehead atoms. The molecule has 20 heavy (non-hydrogen) atoms. The summed E-state index contributed by atoms with van der Waals surface area (Å²) < 4.78 is 2.20. The van der Waals surface area contributed by atoms with Gasteiger partial charge in [-0.1, -0.05) is 6.07 Å². The Hall–Kier alpha value is -2.13. The van der Waals surface area contributed by atoms with E-state index >= 15 is 0 Å². The summed E-state index contributed by atoms with van der Waals surface area (Å²) in [5.41, 5.74) is 4.48. The van der Waals surface area contributed by atoms with E-state index in [0.29, 0.717) is 0 Å². The van der Waals surface area contributed by atoms with E-state index in [1.54, 1.807) is 0 Å². The van der Waals surface area contributed by atoms with Gasteiger partial charge in [0.2, 0.25) is 0 Å². The lowest BCUT2D eigenvalue weighted by Gasteiger charge is -2.20. The molecule has 1 aromatic carbocycles. The van der Waals surface area contributed by atoms with E-state index in [4.69, 9.17) is 0 Å². The van der Waals surface area contributed by atoms with E-state index in [0.717, 1.165) is 41.4 Å². The molecule has 1 N–H and O–H groups in total. The van der Waals surface area contributed by atoms with Gasteiger partial charge in [-0.05, 0) is 49.6 Å². The zero-order chi connectivity index (χ0) is 13.5. The minimum atomic E-state index is -0.304. The fourth-order valence-electron chi connectivity index (χ4n) is 3.12. The number of aliphatic hydroxyl groups excluding tert-OH is 1. The normalized spacial score (nSPS) is 18.1. The lowest BCUT2D eigenvalue weighted by Crippen LogP contribution is -2.10. The Morgan fingerprint density at radius 1 is 1.20 bits per heavy atom. The third-order valence-corrected chi connectivity index (χ3v) is 4.14. The van der Waals surface area contributed by atoms with Crippen LogP contribution in [0.4, 0.5) is 0 Å². The van der Waals surface area contributed by atoms with Gasteiger partial charge in [-0.2, -0.15) is 0 Å². The van der Waals surface area contributed by atoms with Crippen LogP contribution < -0.4 is 0 Å². The first kappa shape index (κ1) is 11.7. The molecule has 0 fully saturated rings. The van der Waals surface area contributed by atoms with E-state index in [2.05, 4.69) is 40.0 Å². The maximum absolute atomic E-state index is 10.1. The summed E-state index contributed by atoms with van der Waals surface area (Å²) >= 11 is 0. The summed E-state index contributed by atoms with van der Waals surface area (Å²) in [6, 6.07) is 12.4. The minimum Gasteiger partial charge on any atom is -0.388 e. The molecule has 1 aliphatic rings. The van der Waals surface area contributed by atoms with E-state index in [1.165, 1.54) is 5.69 Å². The van der Waals surface area contributed by atoms with Gasteiger partial charge in [0.25, 0.3) is 0 Å². The van der Waals surface area contributed by atoms with E-state index in [9.17, 15) is 5.11 Å². The molecule has 0 aliphatic heterocycles. The molecule has 100 valence electrons. The molecular formula is C17H16N2O. The highest BCUT2D eigenvalue weighted by Gasteiger charge is 2.21. The van der Waals surface area contributed by atoms with Crippen molar-refractivity contribution in [2.45, 2.75) is 25.4 Å². The fourth-order valence-corrected chi connectivity index (χ4v) is 3.12. The topological polar surface area (TPSA) is 38.0 Å². The Balaban J connectivity index is 1.87. The number of pyridine rings is 1. The number of benzene rings is 1. The first-order valence-corrected chi connectivity index (χ1v) is 7.06. The molecule has 2 heterocycles. The maximum atomic E-state index is 10.1. The van der Waals surface area contributed by atoms with Gasteiger partial charge in [0.1, 0.15) is 0 Å². The van der Waals surface area contributed by atoms with Crippen molar-refractivity contribution in [3.05, 3.63) is 60.0 Å². The van der Waals surface area contributed by atoms with Crippen LogP contribution in [0.3, 0.4) is 0 Å². The van der Waals surface area contributed by atoms with Crippen LogP contribution in [0.5, 0.6) is 0 Å². The summed E-state index contributed by atoms with van der Waals surface area (Å²) in [5, 5.41) is 11.2. The Kier molecular flexibility index (Phi) is 2.60. The average Bonchev–Trinajstić information content (AvgIpc) is 2.92. The van der Waals surface area contributed by atoms with Gasteiger partial charge in [-0.3, -0.25) is 4.98 Å². The third kappa shape index (κ3) is 1.74. The van der Waals surface area contributed by atoms with Gasteiger partial charge in [-0.15, -0.1) is 0 Å². The highest BCUT2D eigenvalue weighted by Crippen LogP contribution is 2.32. The molecule has 0 spiro atoms. The fraction of sp³-hybridized carbons (Fsp3) is 0.235. The van der Waals surface area contributed by atoms with Gasteiger partial charge < -0.3 is 9.67 Å². The number of hydrogen-bond acceptors (Lipinski definition) is 2. The number of hydrogen-bond donors (Lipinski definition) is 1. The monoisotopic (exact) mass is 264 g/mol. The largest absolute Gasteiger partial charge is 0.388 e. The Bertz CT molecular complexity index is 776. The molecule has 1 atom stereocenters. The molecule has 0 saturated heterocycles. The van der Waals surface area contributed by atoms with Crippen molar-refractivity contribution in [2.75, 3.05) is 0 Å². The van der Waals surface area contributed by atoms with Crippen LogP contribution in [0.25, 0.3) is 16.6 Å². The molecule has 0 amide bonds. The van der Waals surface area contributed by atoms with Crippen LogP contribution in [-0.2, 0) is 6.42 Å². The summed E-state index contributed by atoms with van der Waals surface area (Å²) in [5.74, 6) is 0. The first-order valence-electron chi connectivity index (χ1n) is 7.06. The predicted octanol–water partition coefficient (Wildman–Crippen LogP) is 3.40. The minimum absolute atomic E-state index is 0.304. The van der Waals surface area contributed by atoms with Crippen molar-refractivity contribution in [1.29, 1.82) is 0 Å². The molecule has 3 aromatic rings. The molecular weight excluding hydrogens is 248 g/mol. The zero-order valence-corrected chi connectivity index (χ0v) is 11.2. The van der Waals surface area contributed by atoms with E-state index < -0.39 is 0 Å². The van der Waals surface area contributed by atoms with Crippen molar-refractivity contribution >= 4 is 10.9 Å². The lowest BCUT2D eigenvalue weighted by atomic mass is 9.95. The van der Waals surface area contributed by atoms with Crippen molar-refractivity contribution in [3.8, 4) is 5.69 Å². The van der Waals surface area contributed by atoms with Gasteiger partial charge in [0.15, 0.2) is 0 Å². The van der Waals surface area contributed by atoms with Crippen LogP contribution in [-0.4, -0.2) is 14.7 Å². The number of fused-ring (bicyclic) bond motifs is 2. The van der Waals surface area contributed by atoms with Crippen LogP contribution in [0, 0.1) is 0 Å². The average molecular weight is 264 g/mol. The quantitative estimate of drug-likeness (QED) is 0.731. The van der Waals surface area contributed by atoms with Gasteiger partial charge in [0, 0.05) is 34.7 Å². The van der Waals surface area contributed by atoms with Crippen molar-refractivity contribution in [2.24, 2.45) is 0 Å². The predicted molar refractivity (Wildman–Crippen MR) is 79.0 cm³/mol. The standard InChI is InChI=1S/C17H16N2O/c20-17-5-1-4-16-14(17)8-10-19(16)13-6-7-15-12(11-13)3-2-9-18-15/h2-3,6-11,17,20H,1,4-5H2. The van der Waals surface area contributed by atoms with Gasteiger partial charge in [0.05, 0.1) is 11.6 Å². The molecule has 1 aliphatic carbocycles. The summed E-state index contributed by atoms with van der Waals surface area (Å²) in [6.07, 6.45) is 6.53. The maximum Gasteiger partial charge on any atom is 0.0807 e. The summed E-state index contributed by atoms with van der Waals surface area (Å²) in [7, 11) is 0. The van der Waals surface area contributed by atoms with Crippen LogP contribution >= 0.6 is 0 Å². The molecule has 3 nitrogen and oxygen atoms in total. The number of nitrogens with zero attached hydrogens (tertiary/aromatic N) is 2. The Labute approximate surface area is 117 Å². The van der Waals surface area contributed by atoms with E-state index in [1.807, 2.05) is 18.3 Å². The SMILES string of the molecule is OC1CCCc2c1ccn2-c1ccc2ncccc2c1. The second-order valence-corrected chi connectivity index (χ2v) is 5.38. The van der Waals surface area contributed by atoms with Crippen molar-refractivity contribution in [3.63, 3.8) is 0 Å². The molecule has 3 heteroatoms. The lowest BCUT2D eigenvalue weighted by molar-refractivity contribution is 0.156. The van der Waals surface area contributed by atoms with E-state index in [-0.39, 0.29) is 6.10 Å². The Morgan fingerprint density at radius 3 is 3.10 bits per heavy atom. The molecule has 0 saturated carbocycles. The van der Waals surface area contributed by atoms with Crippen molar-refractivity contribution < 1.29 is 5.11 Å². The van der Waals surface area contributed by atoms with Crippen LogP contribution in [0.2, 0.25) is 0 Å². The number of aliphatic hydroxyl groups is 1. The second kappa shape index (κ2) is 4.46. The molecule has 0 radical (unpaired) electrons. The van der Waals surface area contributed by atoms with Gasteiger partial charge in [-0.25, -0.2) is 0 Å². The first-order chi connectivity index (χ1) is 9.83. The Morgan fingerprint density at radius 2 is 2.15 bits per heavy atom. The highest BCUT2D eigenvalue weighted by molar-refractivity contribution is 5.80. The van der Waals surface area contributed by atoms with Crippen molar-refractivity contribution in [1.82, 2.24) is 9.55 Å². The van der Waals surface area contributed by atoms with Crippen LogP contribution in [0.15, 0.2) is 48.8 Å². The number of rotatable bonds is 1. The molecule has 4 rings (SSSR count). The third-order valence-electron chi connectivity index (χ3n) is 4.14. The zero-order valence-electron chi connectivity index (χ0n) is 11.2. The summed E-state index contributed by atoms with van der Waals surface area (Å²) in [6.45, 7) is 0. The number of aromatic nitrogens is 2. The highest BCUT2D eigenvalue weighted by atomic mass is 16.3. The molecule has 1 unspecified atom stereocenters.